The van der Waals surface area contributed by atoms with Crippen LogP contribution < -0.4 is 5.32 Å². The molecule has 2 aromatic rings. The lowest BCUT2D eigenvalue weighted by molar-refractivity contribution is -0.384. The molecule has 8 heteroatoms. The summed E-state index contributed by atoms with van der Waals surface area (Å²) in [6.07, 6.45) is 0.122. The van der Waals surface area contributed by atoms with E-state index in [-0.39, 0.29) is 11.7 Å². The number of aliphatic hydroxyl groups excluding tert-OH is 1. The number of benzene rings is 1. The van der Waals surface area contributed by atoms with Crippen LogP contribution in [0.15, 0.2) is 28.8 Å². The van der Waals surface area contributed by atoms with E-state index in [4.69, 9.17) is 4.52 Å². The van der Waals surface area contributed by atoms with Gasteiger partial charge in [-0.2, -0.15) is 4.98 Å². The lowest BCUT2D eigenvalue weighted by Crippen LogP contribution is -2.15. The molecule has 8 nitrogen and oxygen atoms in total. The lowest BCUT2D eigenvalue weighted by atomic mass is 10.2. The second kappa shape index (κ2) is 4.99. The first-order chi connectivity index (χ1) is 9.63. The third-order valence-electron chi connectivity index (χ3n) is 3.18. The van der Waals surface area contributed by atoms with Gasteiger partial charge in [0.25, 0.3) is 5.69 Å². The van der Waals surface area contributed by atoms with E-state index in [1.807, 2.05) is 0 Å². The molecule has 0 spiro atoms. The van der Waals surface area contributed by atoms with Crippen molar-refractivity contribution < 1.29 is 14.6 Å². The molecule has 1 aliphatic rings. The fourth-order valence-corrected chi connectivity index (χ4v) is 2.13. The maximum atomic E-state index is 10.6. The molecule has 20 heavy (non-hydrogen) atoms. The first kappa shape index (κ1) is 12.7. The number of rotatable bonds is 3. The fourth-order valence-electron chi connectivity index (χ4n) is 2.13. The van der Waals surface area contributed by atoms with Crippen molar-refractivity contribution in [1.29, 1.82) is 0 Å². The predicted octanol–water partition coefficient (Wildman–Crippen LogP) is 1.04. The summed E-state index contributed by atoms with van der Waals surface area (Å²) in [5.41, 5.74) is 0.655. The average molecular weight is 276 g/mol. The SMILES string of the molecule is O=[N+]([O-])c1ccc(-c2noc([C@H]3C[C@@H](O)CN3)n2)cc1. The predicted molar refractivity (Wildman–Crippen MR) is 67.8 cm³/mol. The molecule has 0 amide bonds. The molecule has 0 saturated carbocycles. The van der Waals surface area contributed by atoms with E-state index in [1.165, 1.54) is 12.1 Å². The van der Waals surface area contributed by atoms with Crippen LogP contribution in [0, 0.1) is 10.1 Å². The van der Waals surface area contributed by atoms with Crippen molar-refractivity contribution in [3.63, 3.8) is 0 Å². The number of nitro groups is 1. The van der Waals surface area contributed by atoms with Gasteiger partial charge in [-0.15, -0.1) is 0 Å². The smallest absolute Gasteiger partial charge is 0.269 e. The summed E-state index contributed by atoms with van der Waals surface area (Å²) in [4.78, 5) is 14.4. The Bertz CT molecular complexity index is 625. The third-order valence-corrected chi connectivity index (χ3v) is 3.18. The molecule has 1 aromatic heterocycles. The van der Waals surface area contributed by atoms with E-state index in [1.54, 1.807) is 12.1 Å². The summed E-state index contributed by atoms with van der Waals surface area (Å²) in [6.45, 7) is 0.500. The van der Waals surface area contributed by atoms with Crippen LogP contribution in [-0.4, -0.2) is 32.8 Å². The highest BCUT2D eigenvalue weighted by molar-refractivity contribution is 5.56. The highest BCUT2D eigenvalue weighted by Crippen LogP contribution is 2.25. The molecule has 0 radical (unpaired) electrons. The number of β-amino-alcohol motifs (C(OH)–C–C–N with tert-alkyl or cyclic N) is 1. The summed E-state index contributed by atoms with van der Waals surface area (Å²) in [5, 5.41) is 27.0. The van der Waals surface area contributed by atoms with Gasteiger partial charge >= 0.3 is 0 Å². The fraction of sp³-hybridized carbons (Fsp3) is 0.333. The molecule has 3 rings (SSSR count). The van der Waals surface area contributed by atoms with Gasteiger partial charge < -0.3 is 14.9 Å². The van der Waals surface area contributed by atoms with Crippen molar-refractivity contribution in [2.24, 2.45) is 0 Å². The van der Waals surface area contributed by atoms with Crippen molar-refractivity contribution in [2.75, 3.05) is 6.54 Å². The summed E-state index contributed by atoms with van der Waals surface area (Å²) in [5.74, 6) is 0.785. The molecule has 1 saturated heterocycles. The quantitative estimate of drug-likeness (QED) is 0.635. The van der Waals surface area contributed by atoms with Crippen molar-refractivity contribution in [2.45, 2.75) is 18.6 Å². The monoisotopic (exact) mass is 276 g/mol. The molecular formula is C12H12N4O4. The zero-order valence-corrected chi connectivity index (χ0v) is 10.4. The van der Waals surface area contributed by atoms with Gasteiger partial charge in [0.1, 0.15) is 0 Å². The number of non-ortho nitro benzene ring substituents is 1. The molecule has 104 valence electrons. The van der Waals surface area contributed by atoms with Crippen molar-refractivity contribution in [1.82, 2.24) is 15.5 Å². The number of aromatic nitrogens is 2. The van der Waals surface area contributed by atoms with Crippen LogP contribution in [0.4, 0.5) is 5.69 Å². The second-order valence-electron chi connectivity index (χ2n) is 4.61. The number of aliphatic hydroxyl groups is 1. The number of nitrogens with one attached hydrogen (secondary N) is 1. The summed E-state index contributed by atoms with van der Waals surface area (Å²) >= 11 is 0. The molecule has 0 aliphatic carbocycles. The van der Waals surface area contributed by atoms with E-state index in [0.717, 1.165) is 0 Å². The summed E-state index contributed by atoms with van der Waals surface area (Å²) in [6, 6.07) is 5.78. The minimum absolute atomic E-state index is 0.0121. The van der Waals surface area contributed by atoms with E-state index in [0.29, 0.717) is 30.2 Å². The van der Waals surface area contributed by atoms with Crippen molar-refractivity contribution in [3.8, 4) is 11.4 Å². The van der Waals surface area contributed by atoms with Gasteiger partial charge in [0.15, 0.2) is 0 Å². The van der Waals surface area contributed by atoms with Gasteiger partial charge in [0.05, 0.1) is 17.1 Å². The molecular weight excluding hydrogens is 264 g/mol. The van der Waals surface area contributed by atoms with E-state index >= 15 is 0 Å². The first-order valence-corrected chi connectivity index (χ1v) is 6.13. The highest BCUT2D eigenvalue weighted by Gasteiger charge is 2.28. The Morgan fingerprint density at radius 3 is 2.75 bits per heavy atom. The van der Waals surface area contributed by atoms with Crippen LogP contribution in [0.3, 0.4) is 0 Å². The molecule has 1 fully saturated rings. The normalized spacial score (nSPS) is 22.1. The molecule has 0 unspecified atom stereocenters. The van der Waals surface area contributed by atoms with Crippen molar-refractivity contribution in [3.05, 3.63) is 40.3 Å². The maximum absolute atomic E-state index is 10.6. The minimum atomic E-state index is -0.463. The zero-order chi connectivity index (χ0) is 14.1. The van der Waals surface area contributed by atoms with Gasteiger partial charge in [0.2, 0.25) is 11.7 Å². The lowest BCUT2D eigenvalue weighted by Gasteiger charge is -2.01. The Balaban J connectivity index is 1.81. The van der Waals surface area contributed by atoms with Gasteiger partial charge in [-0.05, 0) is 18.6 Å². The molecule has 1 aromatic carbocycles. The minimum Gasteiger partial charge on any atom is -0.392 e. The number of nitrogens with zero attached hydrogens (tertiary/aromatic N) is 3. The van der Waals surface area contributed by atoms with Crippen LogP contribution in [0.1, 0.15) is 18.4 Å². The molecule has 2 atom stereocenters. The van der Waals surface area contributed by atoms with E-state index in [2.05, 4.69) is 15.5 Å². The van der Waals surface area contributed by atoms with E-state index < -0.39 is 11.0 Å². The van der Waals surface area contributed by atoms with Gasteiger partial charge in [-0.3, -0.25) is 10.1 Å². The molecule has 0 bridgehead atoms. The Morgan fingerprint density at radius 1 is 1.40 bits per heavy atom. The summed E-state index contributed by atoms with van der Waals surface area (Å²) in [7, 11) is 0. The Labute approximate surface area is 113 Å². The first-order valence-electron chi connectivity index (χ1n) is 6.13. The topological polar surface area (TPSA) is 114 Å². The Hall–Kier alpha value is -2.32. The van der Waals surface area contributed by atoms with Crippen molar-refractivity contribution >= 4 is 5.69 Å². The Kier molecular flexibility index (Phi) is 3.17. The third kappa shape index (κ3) is 2.38. The van der Waals surface area contributed by atoms with E-state index in [9.17, 15) is 15.2 Å². The molecule has 2 N–H and O–H groups in total. The van der Waals surface area contributed by atoms with Crippen LogP contribution in [-0.2, 0) is 0 Å². The number of nitro benzene ring substituents is 1. The second-order valence-corrected chi connectivity index (χ2v) is 4.61. The highest BCUT2D eigenvalue weighted by atomic mass is 16.6. The van der Waals surface area contributed by atoms with Crippen LogP contribution in [0.25, 0.3) is 11.4 Å². The average Bonchev–Trinajstić information content (AvgIpc) is 3.07. The molecule has 2 heterocycles. The van der Waals surface area contributed by atoms with Crippen LogP contribution in [0.2, 0.25) is 0 Å². The van der Waals surface area contributed by atoms with Crippen LogP contribution >= 0.6 is 0 Å². The van der Waals surface area contributed by atoms with Gasteiger partial charge in [-0.25, -0.2) is 0 Å². The van der Waals surface area contributed by atoms with Gasteiger partial charge in [0, 0.05) is 24.2 Å². The largest absolute Gasteiger partial charge is 0.392 e. The van der Waals surface area contributed by atoms with Gasteiger partial charge in [-0.1, -0.05) is 5.16 Å². The molecule has 1 aliphatic heterocycles. The zero-order valence-electron chi connectivity index (χ0n) is 10.4. The number of hydrogen-bond acceptors (Lipinski definition) is 7. The van der Waals surface area contributed by atoms with Crippen LogP contribution in [0.5, 0.6) is 0 Å². The Morgan fingerprint density at radius 2 is 2.15 bits per heavy atom. The standard InChI is InChI=1S/C12H12N4O4/c17-9-5-10(13-6-9)12-14-11(15-20-12)7-1-3-8(4-2-7)16(18)19/h1-4,9-10,13,17H,5-6H2/t9-,10-/m1/s1. The summed E-state index contributed by atoms with van der Waals surface area (Å²) < 4.78 is 5.16. The number of hydrogen-bond donors (Lipinski definition) is 2. The maximum Gasteiger partial charge on any atom is 0.269 e.